The van der Waals surface area contributed by atoms with E-state index in [4.69, 9.17) is 26.8 Å². The van der Waals surface area contributed by atoms with Crippen LogP contribution in [-0.4, -0.2) is 31.5 Å². The molecule has 1 unspecified atom stereocenters. The van der Waals surface area contributed by atoms with Gasteiger partial charge in [0, 0.05) is 38.7 Å². The summed E-state index contributed by atoms with van der Waals surface area (Å²) in [6.07, 6.45) is 1.89. The van der Waals surface area contributed by atoms with Gasteiger partial charge in [0.2, 0.25) is 0 Å². The van der Waals surface area contributed by atoms with Crippen LogP contribution in [0.3, 0.4) is 0 Å². The van der Waals surface area contributed by atoms with Crippen molar-refractivity contribution in [2.45, 2.75) is 37.8 Å². The van der Waals surface area contributed by atoms with E-state index in [1.165, 1.54) is 0 Å². The lowest BCUT2D eigenvalue weighted by atomic mass is 9.83. The highest BCUT2D eigenvalue weighted by atomic mass is 35.5. The van der Waals surface area contributed by atoms with Crippen LogP contribution < -0.4 is 5.73 Å². The molecule has 0 amide bonds. The second kappa shape index (κ2) is 6.85. The molecule has 1 heterocycles. The predicted octanol–water partition coefficient (Wildman–Crippen LogP) is 2.93. The van der Waals surface area contributed by atoms with Crippen LogP contribution in [0.4, 0.5) is 4.39 Å². The molecule has 1 saturated heterocycles. The molecular formula is C15H21ClFNO2. The lowest BCUT2D eigenvalue weighted by Crippen LogP contribution is -2.54. The van der Waals surface area contributed by atoms with Crippen molar-refractivity contribution >= 4 is 11.6 Å². The van der Waals surface area contributed by atoms with E-state index < -0.39 is 5.60 Å². The van der Waals surface area contributed by atoms with Crippen LogP contribution in [-0.2, 0) is 15.9 Å². The molecule has 2 N–H and O–H groups in total. The molecule has 0 aromatic heterocycles. The van der Waals surface area contributed by atoms with Crippen LogP contribution in [0.1, 0.15) is 25.3 Å². The van der Waals surface area contributed by atoms with Gasteiger partial charge in [-0.25, -0.2) is 4.39 Å². The molecule has 2 rings (SSSR count). The largest absolute Gasteiger partial charge is 0.381 e. The minimum atomic E-state index is -0.429. The fourth-order valence-electron chi connectivity index (χ4n) is 2.76. The first-order chi connectivity index (χ1) is 9.59. The van der Waals surface area contributed by atoms with Crippen molar-refractivity contribution in [3.8, 4) is 0 Å². The Kier molecular flexibility index (Phi) is 5.38. The number of hydrogen-bond donors (Lipinski definition) is 1. The first-order valence-corrected chi connectivity index (χ1v) is 7.37. The molecule has 0 bridgehead atoms. The molecule has 1 aromatic carbocycles. The van der Waals surface area contributed by atoms with Crippen molar-refractivity contribution in [2.24, 2.45) is 5.73 Å². The smallest absolute Gasteiger partial charge is 0.145 e. The molecular weight excluding hydrogens is 281 g/mol. The highest BCUT2D eigenvalue weighted by Gasteiger charge is 2.39. The fraction of sp³-hybridized carbons (Fsp3) is 0.600. The van der Waals surface area contributed by atoms with Gasteiger partial charge in [-0.15, -0.1) is 0 Å². The lowest BCUT2D eigenvalue weighted by molar-refractivity contribution is -0.120. The van der Waals surface area contributed by atoms with Crippen molar-refractivity contribution in [1.82, 2.24) is 0 Å². The van der Waals surface area contributed by atoms with Crippen LogP contribution in [0.2, 0.25) is 5.02 Å². The maximum atomic E-state index is 14.0. The Morgan fingerprint density at radius 1 is 1.45 bits per heavy atom. The Balaban J connectivity index is 2.15. The van der Waals surface area contributed by atoms with Crippen molar-refractivity contribution in [1.29, 1.82) is 0 Å². The van der Waals surface area contributed by atoms with E-state index in [9.17, 15) is 4.39 Å². The molecule has 3 nitrogen and oxygen atoms in total. The molecule has 5 heteroatoms. The van der Waals surface area contributed by atoms with Crippen LogP contribution in [0.15, 0.2) is 18.2 Å². The van der Waals surface area contributed by atoms with E-state index in [0.29, 0.717) is 31.8 Å². The van der Waals surface area contributed by atoms with Crippen molar-refractivity contribution in [3.05, 3.63) is 34.6 Å². The van der Waals surface area contributed by atoms with Gasteiger partial charge in [0.1, 0.15) is 5.82 Å². The first kappa shape index (κ1) is 15.7. The molecule has 0 radical (unpaired) electrons. The van der Waals surface area contributed by atoms with Gasteiger partial charge in [-0.3, -0.25) is 0 Å². The molecule has 1 aliphatic rings. The minimum Gasteiger partial charge on any atom is -0.381 e. The van der Waals surface area contributed by atoms with E-state index >= 15 is 0 Å². The van der Waals surface area contributed by atoms with Gasteiger partial charge in [0.05, 0.1) is 10.6 Å². The standard InChI is InChI=1S/C15H21ClFNO2/c1-2-20-15(6-8-19-9-7-15)13(18)10-11-4-3-5-12(16)14(11)17/h3-5,13H,2,6-10,18H2,1H3. The van der Waals surface area contributed by atoms with Gasteiger partial charge in [0.15, 0.2) is 0 Å². The second-order valence-electron chi connectivity index (χ2n) is 5.13. The molecule has 20 heavy (non-hydrogen) atoms. The highest BCUT2D eigenvalue weighted by molar-refractivity contribution is 6.30. The summed E-state index contributed by atoms with van der Waals surface area (Å²) in [7, 11) is 0. The normalized spacial score (nSPS) is 19.8. The summed E-state index contributed by atoms with van der Waals surface area (Å²) in [6.45, 7) is 3.80. The third-order valence-electron chi connectivity index (χ3n) is 3.92. The average Bonchev–Trinajstić information content (AvgIpc) is 2.45. The Hall–Kier alpha value is -0.680. The van der Waals surface area contributed by atoms with Gasteiger partial charge in [-0.2, -0.15) is 0 Å². The molecule has 0 aliphatic carbocycles. The maximum absolute atomic E-state index is 14.0. The summed E-state index contributed by atoms with van der Waals surface area (Å²) >= 11 is 5.81. The number of halogens is 2. The first-order valence-electron chi connectivity index (χ1n) is 6.99. The number of benzene rings is 1. The summed E-state index contributed by atoms with van der Waals surface area (Å²) in [6, 6.07) is 4.73. The molecule has 112 valence electrons. The molecule has 1 atom stereocenters. The zero-order valence-corrected chi connectivity index (χ0v) is 12.5. The number of nitrogens with two attached hydrogens (primary N) is 1. The van der Waals surface area contributed by atoms with Crippen LogP contribution in [0.25, 0.3) is 0 Å². The van der Waals surface area contributed by atoms with E-state index in [-0.39, 0.29) is 16.9 Å². The Morgan fingerprint density at radius 3 is 2.80 bits per heavy atom. The van der Waals surface area contributed by atoms with Crippen LogP contribution in [0.5, 0.6) is 0 Å². The van der Waals surface area contributed by atoms with Gasteiger partial charge in [-0.1, -0.05) is 23.7 Å². The summed E-state index contributed by atoms with van der Waals surface area (Å²) in [5.74, 6) is -0.386. The minimum absolute atomic E-state index is 0.132. The van der Waals surface area contributed by atoms with E-state index in [2.05, 4.69) is 0 Å². The zero-order chi connectivity index (χ0) is 14.6. The van der Waals surface area contributed by atoms with Gasteiger partial charge in [-0.05, 0) is 25.0 Å². The molecule has 0 spiro atoms. The van der Waals surface area contributed by atoms with Gasteiger partial charge in [0.25, 0.3) is 0 Å². The third kappa shape index (κ3) is 3.31. The number of rotatable bonds is 5. The number of ether oxygens (including phenoxy) is 2. The lowest BCUT2D eigenvalue weighted by Gasteiger charge is -2.41. The second-order valence-corrected chi connectivity index (χ2v) is 5.54. The molecule has 1 aromatic rings. The zero-order valence-electron chi connectivity index (χ0n) is 11.7. The summed E-state index contributed by atoms with van der Waals surface area (Å²) in [5, 5.41) is 0.132. The third-order valence-corrected chi connectivity index (χ3v) is 4.21. The molecule has 1 fully saturated rings. The van der Waals surface area contributed by atoms with E-state index in [0.717, 1.165) is 12.8 Å². The van der Waals surface area contributed by atoms with Crippen molar-refractivity contribution in [3.63, 3.8) is 0 Å². The topological polar surface area (TPSA) is 44.5 Å². The van der Waals surface area contributed by atoms with Crippen LogP contribution >= 0.6 is 11.6 Å². The van der Waals surface area contributed by atoms with Gasteiger partial charge >= 0.3 is 0 Å². The van der Waals surface area contributed by atoms with Gasteiger partial charge < -0.3 is 15.2 Å². The SMILES string of the molecule is CCOC1(C(N)Cc2cccc(Cl)c2F)CCOCC1. The summed E-state index contributed by atoms with van der Waals surface area (Å²) in [4.78, 5) is 0. The number of hydrogen-bond acceptors (Lipinski definition) is 3. The quantitative estimate of drug-likeness (QED) is 0.909. The van der Waals surface area contributed by atoms with Crippen LogP contribution in [0, 0.1) is 5.82 Å². The fourth-order valence-corrected chi connectivity index (χ4v) is 2.95. The van der Waals surface area contributed by atoms with Crippen molar-refractivity contribution in [2.75, 3.05) is 19.8 Å². The van der Waals surface area contributed by atoms with E-state index in [1.54, 1.807) is 18.2 Å². The summed E-state index contributed by atoms with van der Waals surface area (Å²) < 4.78 is 25.3. The Morgan fingerprint density at radius 2 is 2.15 bits per heavy atom. The summed E-state index contributed by atoms with van der Waals surface area (Å²) in [5.41, 5.74) is 6.44. The maximum Gasteiger partial charge on any atom is 0.145 e. The molecule has 0 saturated carbocycles. The van der Waals surface area contributed by atoms with Crippen molar-refractivity contribution < 1.29 is 13.9 Å². The monoisotopic (exact) mass is 301 g/mol. The highest BCUT2D eigenvalue weighted by Crippen LogP contribution is 2.30. The average molecular weight is 302 g/mol. The Labute approximate surface area is 124 Å². The molecule has 1 aliphatic heterocycles. The predicted molar refractivity (Wildman–Crippen MR) is 77.5 cm³/mol. The van der Waals surface area contributed by atoms with E-state index in [1.807, 2.05) is 6.92 Å². The Bertz CT molecular complexity index is 444.